The van der Waals surface area contributed by atoms with Gasteiger partial charge in [0.15, 0.2) is 0 Å². The van der Waals surface area contributed by atoms with Crippen LogP contribution in [-0.2, 0) is 4.79 Å². The summed E-state index contributed by atoms with van der Waals surface area (Å²) in [5, 5.41) is 22.8. The van der Waals surface area contributed by atoms with Gasteiger partial charge in [-0.2, -0.15) is 0 Å². The third-order valence-electron chi connectivity index (χ3n) is 7.48. The van der Waals surface area contributed by atoms with Crippen LogP contribution < -0.4 is 5.32 Å². The first-order chi connectivity index (χ1) is 20.7. The molecule has 1 amide bonds. The highest BCUT2D eigenvalue weighted by atomic mass is 16.3. The van der Waals surface area contributed by atoms with Gasteiger partial charge in [-0.25, -0.2) is 0 Å². The Labute approximate surface area is 260 Å². The van der Waals surface area contributed by atoms with Crippen molar-refractivity contribution in [3.8, 4) is 0 Å². The summed E-state index contributed by atoms with van der Waals surface area (Å²) in [4.78, 5) is 12.3. The Morgan fingerprint density at radius 1 is 0.571 bits per heavy atom. The van der Waals surface area contributed by atoms with Gasteiger partial charge in [0.05, 0.1) is 18.8 Å². The van der Waals surface area contributed by atoms with Crippen LogP contribution in [0.5, 0.6) is 0 Å². The fourth-order valence-corrected chi connectivity index (χ4v) is 4.73. The molecule has 0 saturated heterocycles. The first-order valence-electron chi connectivity index (χ1n) is 17.5. The minimum Gasteiger partial charge on any atom is -0.394 e. The Kier molecular flexibility index (Phi) is 32.1. The Bertz CT molecular complexity index is 722. The maximum absolute atomic E-state index is 12.3. The van der Waals surface area contributed by atoms with Gasteiger partial charge in [-0.15, -0.1) is 0 Å². The Morgan fingerprint density at radius 2 is 1.00 bits per heavy atom. The molecule has 0 aromatic carbocycles. The molecular formula is C38H67NO3. The van der Waals surface area contributed by atoms with E-state index in [2.05, 4.69) is 67.8 Å². The monoisotopic (exact) mass is 586 g/mol. The van der Waals surface area contributed by atoms with Crippen molar-refractivity contribution in [1.82, 2.24) is 5.32 Å². The molecule has 0 saturated carbocycles. The quantitative estimate of drug-likeness (QED) is 0.0446. The lowest BCUT2D eigenvalue weighted by atomic mass is 10.1. The van der Waals surface area contributed by atoms with Crippen molar-refractivity contribution < 1.29 is 15.0 Å². The van der Waals surface area contributed by atoms with Gasteiger partial charge in [-0.1, -0.05) is 139 Å². The van der Waals surface area contributed by atoms with Gasteiger partial charge in [0.2, 0.25) is 5.91 Å². The van der Waals surface area contributed by atoms with Gasteiger partial charge in [0.1, 0.15) is 0 Å². The highest BCUT2D eigenvalue weighted by Gasteiger charge is 2.17. The molecule has 0 aliphatic carbocycles. The predicted octanol–water partition coefficient (Wildman–Crippen LogP) is 10.2. The fraction of sp³-hybridized carbons (Fsp3) is 0.711. The van der Waals surface area contributed by atoms with Crippen LogP contribution in [0.3, 0.4) is 0 Å². The van der Waals surface area contributed by atoms with Crippen molar-refractivity contribution in [1.29, 1.82) is 0 Å². The van der Waals surface area contributed by atoms with Gasteiger partial charge in [-0.05, 0) is 70.6 Å². The summed E-state index contributed by atoms with van der Waals surface area (Å²) < 4.78 is 0. The molecule has 0 bridgehead atoms. The number of carbonyl (C=O) groups excluding carboxylic acids is 1. The largest absolute Gasteiger partial charge is 0.394 e. The van der Waals surface area contributed by atoms with Crippen molar-refractivity contribution in [2.24, 2.45) is 0 Å². The molecule has 3 N–H and O–H groups in total. The van der Waals surface area contributed by atoms with Crippen LogP contribution in [0.2, 0.25) is 0 Å². The molecule has 0 radical (unpaired) electrons. The second-order valence-corrected chi connectivity index (χ2v) is 11.6. The first-order valence-corrected chi connectivity index (χ1v) is 17.5. The van der Waals surface area contributed by atoms with Crippen molar-refractivity contribution in [3.05, 3.63) is 60.8 Å². The van der Waals surface area contributed by atoms with Gasteiger partial charge < -0.3 is 15.5 Å². The average Bonchev–Trinajstić information content (AvgIpc) is 2.99. The van der Waals surface area contributed by atoms with E-state index in [1.807, 2.05) is 6.08 Å². The molecule has 2 atom stereocenters. The maximum Gasteiger partial charge on any atom is 0.220 e. The van der Waals surface area contributed by atoms with E-state index in [0.717, 1.165) is 51.4 Å². The van der Waals surface area contributed by atoms with E-state index in [9.17, 15) is 15.0 Å². The number of aliphatic hydroxyl groups is 2. The average molecular weight is 586 g/mol. The number of nitrogens with one attached hydrogen (secondary N) is 1. The lowest BCUT2D eigenvalue weighted by molar-refractivity contribution is -0.123. The summed E-state index contributed by atoms with van der Waals surface area (Å²) in [6, 6.07) is -0.651. The van der Waals surface area contributed by atoms with Crippen LogP contribution in [0.1, 0.15) is 155 Å². The van der Waals surface area contributed by atoms with E-state index in [-0.39, 0.29) is 12.5 Å². The molecule has 4 heteroatoms. The molecule has 242 valence electrons. The Balaban J connectivity index is 3.77. The number of aliphatic hydroxyl groups excluding tert-OH is 2. The first kappa shape index (κ1) is 40.1. The number of hydrogen-bond donors (Lipinski definition) is 3. The molecule has 0 heterocycles. The smallest absolute Gasteiger partial charge is 0.220 e. The number of hydrogen-bond acceptors (Lipinski definition) is 3. The van der Waals surface area contributed by atoms with E-state index in [0.29, 0.717) is 6.42 Å². The van der Waals surface area contributed by atoms with Crippen LogP contribution in [0.4, 0.5) is 0 Å². The van der Waals surface area contributed by atoms with Crippen LogP contribution in [0.15, 0.2) is 60.8 Å². The van der Waals surface area contributed by atoms with Gasteiger partial charge >= 0.3 is 0 Å². The molecule has 0 spiro atoms. The molecule has 0 aromatic rings. The summed E-state index contributed by atoms with van der Waals surface area (Å²) in [5.41, 5.74) is 0. The summed E-state index contributed by atoms with van der Waals surface area (Å²) in [7, 11) is 0. The van der Waals surface area contributed by atoms with Gasteiger partial charge in [-0.3, -0.25) is 4.79 Å². The highest BCUT2D eigenvalue weighted by Crippen LogP contribution is 2.10. The highest BCUT2D eigenvalue weighted by molar-refractivity contribution is 5.76. The Morgan fingerprint density at radius 3 is 1.57 bits per heavy atom. The van der Waals surface area contributed by atoms with Gasteiger partial charge in [0.25, 0.3) is 0 Å². The van der Waals surface area contributed by atoms with E-state index in [1.54, 1.807) is 6.08 Å². The molecule has 0 fully saturated rings. The number of rotatable bonds is 30. The minimum atomic E-state index is -0.874. The van der Waals surface area contributed by atoms with Gasteiger partial charge in [0, 0.05) is 6.42 Å². The number of amides is 1. The molecule has 2 unspecified atom stereocenters. The summed E-state index contributed by atoms with van der Waals surface area (Å²) in [5.74, 6) is -0.0946. The van der Waals surface area contributed by atoms with E-state index >= 15 is 0 Å². The van der Waals surface area contributed by atoms with E-state index in [4.69, 9.17) is 0 Å². The molecule has 4 nitrogen and oxygen atoms in total. The third-order valence-corrected chi connectivity index (χ3v) is 7.48. The molecule has 0 rings (SSSR count). The molecule has 0 aromatic heterocycles. The second-order valence-electron chi connectivity index (χ2n) is 11.6. The summed E-state index contributed by atoms with van der Waals surface area (Å²) in [6.07, 6.45) is 45.8. The summed E-state index contributed by atoms with van der Waals surface area (Å²) in [6.45, 7) is 4.22. The number of carbonyl (C=O) groups is 1. The van der Waals surface area contributed by atoms with Crippen molar-refractivity contribution in [2.75, 3.05) is 6.61 Å². The van der Waals surface area contributed by atoms with E-state index in [1.165, 1.54) is 83.5 Å². The van der Waals surface area contributed by atoms with Crippen molar-refractivity contribution >= 4 is 5.91 Å². The molecule has 0 aliphatic rings. The second kappa shape index (κ2) is 33.6. The van der Waals surface area contributed by atoms with Crippen LogP contribution in [0.25, 0.3) is 0 Å². The summed E-state index contributed by atoms with van der Waals surface area (Å²) >= 11 is 0. The Hall–Kier alpha value is -1.91. The zero-order chi connectivity index (χ0) is 30.8. The third kappa shape index (κ3) is 29.6. The van der Waals surface area contributed by atoms with Crippen LogP contribution in [-0.4, -0.2) is 34.9 Å². The predicted molar refractivity (Wildman–Crippen MR) is 184 cm³/mol. The normalized spacial score (nSPS) is 13.9. The SMILES string of the molecule is CCCCC/C=C\C=C/CCCCCCCCC(=O)NC(CO)C(O)/C=C/CC/C=C/CC/C=C/CCCCCCC. The zero-order valence-electron chi connectivity index (χ0n) is 27.5. The van der Waals surface area contributed by atoms with Crippen molar-refractivity contribution in [3.63, 3.8) is 0 Å². The van der Waals surface area contributed by atoms with Crippen LogP contribution >= 0.6 is 0 Å². The topological polar surface area (TPSA) is 69.6 Å². The lowest BCUT2D eigenvalue weighted by Gasteiger charge is -2.19. The van der Waals surface area contributed by atoms with Crippen LogP contribution in [0, 0.1) is 0 Å². The zero-order valence-corrected chi connectivity index (χ0v) is 27.5. The fourth-order valence-electron chi connectivity index (χ4n) is 4.73. The molecular weight excluding hydrogens is 518 g/mol. The standard InChI is InChI=1S/C38H67NO3/c1-3-5-7-9-11-13-15-17-19-21-23-25-27-29-31-33-37(41)36(35-40)39-38(42)34-32-30-28-26-24-22-20-18-16-14-12-10-8-6-4-2/h12,14-18,23,25,31,33,36-37,40-41H,3-11,13,19-22,24,26-30,32,34-35H2,1-2H3,(H,39,42)/b14-12-,17-15+,18-16-,25-23+,33-31+. The number of allylic oxidation sites excluding steroid dienone is 9. The lowest BCUT2D eigenvalue weighted by Crippen LogP contribution is -2.45. The number of unbranched alkanes of at least 4 members (excludes halogenated alkanes) is 16. The minimum absolute atomic E-state index is 0.0946. The molecule has 0 aliphatic heterocycles. The van der Waals surface area contributed by atoms with Crippen molar-refractivity contribution in [2.45, 2.75) is 167 Å². The van der Waals surface area contributed by atoms with E-state index < -0.39 is 12.1 Å². The maximum atomic E-state index is 12.3. The molecule has 42 heavy (non-hydrogen) atoms.